The summed E-state index contributed by atoms with van der Waals surface area (Å²) in [5, 5.41) is 8.83. The molecule has 0 spiro atoms. The average molecular weight is 399 g/mol. The Kier molecular flexibility index (Phi) is 8.18. The Morgan fingerprint density at radius 1 is 1.00 bits per heavy atom. The molecule has 2 rings (SSSR count). The summed E-state index contributed by atoms with van der Waals surface area (Å²) in [5.74, 6) is -0.775. The summed E-state index contributed by atoms with van der Waals surface area (Å²) >= 11 is 0. The van der Waals surface area contributed by atoms with E-state index in [2.05, 4.69) is 15.8 Å². The molecule has 0 aliphatic carbocycles. The van der Waals surface area contributed by atoms with Crippen molar-refractivity contribution in [2.75, 3.05) is 31.0 Å². The van der Waals surface area contributed by atoms with E-state index in [0.29, 0.717) is 17.1 Å². The number of ether oxygens (including phenoxy) is 2. The fraction of sp³-hybridized carbons (Fsp3) is 0.200. The van der Waals surface area contributed by atoms with Gasteiger partial charge in [0.2, 0.25) is 12.5 Å². The molecule has 0 bridgehead atoms. The highest BCUT2D eigenvalue weighted by Crippen LogP contribution is 2.15. The fourth-order valence-electron chi connectivity index (χ4n) is 2.14. The maximum Gasteiger partial charge on any atom is 0.347 e. The van der Waals surface area contributed by atoms with Crippen LogP contribution >= 0.6 is 0 Å². The number of rotatable bonds is 9. The number of nitrogens with zero attached hydrogens (tertiary/aromatic N) is 1. The van der Waals surface area contributed by atoms with E-state index in [-0.39, 0.29) is 5.91 Å². The van der Waals surface area contributed by atoms with E-state index in [1.54, 1.807) is 55.6 Å². The molecule has 152 valence electrons. The molecule has 0 radical (unpaired) electrons. The van der Waals surface area contributed by atoms with Crippen molar-refractivity contribution in [3.05, 3.63) is 54.1 Å². The van der Waals surface area contributed by atoms with Gasteiger partial charge < -0.3 is 24.9 Å². The summed E-state index contributed by atoms with van der Waals surface area (Å²) < 4.78 is 9.86. The number of carbonyl (C=O) groups excluding carboxylic acids is 3. The monoisotopic (exact) mass is 399 g/mol. The van der Waals surface area contributed by atoms with E-state index in [4.69, 9.17) is 14.3 Å². The Morgan fingerprint density at radius 3 is 2.34 bits per heavy atom. The third-order valence-corrected chi connectivity index (χ3v) is 3.41. The van der Waals surface area contributed by atoms with Gasteiger partial charge in [0.1, 0.15) is 5.75 Å². The molecule has 0 fully saturated rings. The SMILES string of the molecule is COc1ccc(/C=N\OCC(=O)OCC(=O)Nc2cccc(NC(C)=O)c2)cc1. The first-order valence-electron chi connectivity index (χ1n) is 8.59. The summed E-state index contributed by atoms with van der Waals surface area (Å²) in [6.07, 6.45) is 1.43. The lowest BCUT2D eigenvalue weighted by molar-refractivity contribution is -0.151. The maximum absolute atomic E-state index is 11.9. The molecule has 0 unspecified atom stereocenters. The molecule has 0 aromatic heterocycles. The Hall–Kier alpha value is -3.88. The molecule has 29 heavy (non-hydrogen) atoms. The first kappa shape index (κ1) is 21.4. The topological polar surface area (TPSA) is 115 Å². The van der Waals surface area contributed by atoms with Gasteiger partial charge in [0, 0.05) is 18.3 Å². The molecule has 9 heteroatoms. The van der Waals surface area contributed by atoms with E-state index in [9.17, 15) is 14.4 Å². The van der Waals surface area contributed by atoms with Gasteiger partial charge in [-0.3, -0.25) is 9.59 Å². The number of oxime groups is 1. The van der Waals surface area contributed by atoms with Crippen LogP contribution in [0.3, 0.4) is 0 Å². The molecule has 2 N–H and O–H groups in total. The number of carbonyl (C=O) groups is 3. The highest BCUT2D eigenvalue weighted by molar-refractivity contribution is 5.94. The Morgan fingerprint density at radius 2 is 1.69 bits per heavy atom. The van der Waals surface area contributed by atoms with Crippen molar-refractivity contribution < 1.29 is 28.7 Å². The fourth-order valence-corrected chi connectivity index (χ4v) is 2.14. The van der Waals surface area contributed by atoms with Gasteiger partial charge in [-0.25, -0.2) is 4.79 Å². The van der Waals surface area contributed by atoms with Gasteiger partial charge in [0.05, 0.1) is 13.3 Å². The molecule has 2 aromatic carbocycles. The normalized spacial score (nSPS) is 10.3. The van der Waals surface area contributed by atoms with Gasteiger partial charge in [-0.15, -0.1) is 0 Å². The van der Waals surface area contributed by atoms with E-state index < -0.39 is 25.1 Å². The average Bonchev–Trinajstić information content (AvgIpc) is 2.70. The number of esters is 1. The molecule has 0 saturated heterocycles. The Labute approximate surface area is 167 Å². The molecular formula is C20H21N3O6. The molecule has 0 heterocycles. The highest BCUT2D eigenvalue weighted by Gasteiger charge is 2.09. The smallest absolute Gasteiger partial charge is 0.347 e. The third kappa shape index (κ3) is 8.12. The number of hydrogen-bond donors (Lipinski definition) is 2. The van der Waals surface area contributed by atoms with Crippen LogP contribution in [0.1, 0.15) is 12.5 Å². The maximum atomic E-state index is 11.9. The first-order chi connectivity index (χ1) is 14.0. The number of amides is 2. The number of hydrogen-bond acceptors (Lipinski definition) is 7. The summed E-state index contributed by atoms with van der Waals surface area (Å²) in [6, 6.07) is 13.6. The minimum atomic E-state index is -0.737. The van der Waals surface area contributed by atoms with Crippen LogP contribution in [0.2, 0.25) is 0 Å². The first-order valence-corrected chi connectivity index (χ1v) is 8.59. The Bertz CT molecular complexity index is 880. The van der Waals surface area contributed by atoms with Gasteiger partial charge in [-0.1, -0.05) is 11.2 Å². The molecular weight excluding hydrogens is 378 g/mol. The zero-order valence-electron chi connectivity index (χ0n) is 16.0. The molecule has 2 aromatic rings. The lowest BCUT2D eigenvalue weighted by Crippen LogP contribution is -2.22. The van der Waals surface area contributed by atoms with Crippen LogP contribution in [0.15, 0.2) is 53.7 Å². The van der Waals surface area contributed by atoms with Crippen LogP contribution in [-0.4, -0.2) is 44.3 Å². The van der Waals surface area contributed by atoms with Crippen molar-refractivity contribution in [1.29, 1.82) is 0 Å². The zero-order valence-corrected chi connectivity index (χ0v) is 16.0. The van der Waals surface area contributed by atoms with E-state index in [1.807, 2.05) is 0 Å². The molecule has 9 nitrogen and oxygen atoms in total. The standard InChI is InChI=1S/C20H21N3O6/c1-14(24)22-16-4-3-5-17(10-16)23-19(25)12-28-20(26)13-29-21-11-15-6-8-18(27-2)9-7-15/h3-11H,12-13H2,1-2H3,(H,22,24)(H,23,25)/b21-11-. The van der Waals surface area contributed by atoms with Gasteiger partial charge in [-0.2, -0.15) is 0 Å². The predicted molar refractivity (Wildman–Crippen MR) is 107 cm³/mol. The van der Waals surface area contributed by atoms with Crippen LogP contribution < -0.4 is 15.4 Å². The van der Waals surface area contributed by atoms with Crippen molar-refractivity contribution in [2.24, 2.45) is 5.16 Å². The van der Waals surface area contributed by atoms with Crippen molar-refractivity contribution in [3.63, 3.8) is 0 Å². The van der Waals surface area contributed by atoms with Crippen molar-refractivity contribution in [2.45, 2.75) is 6.92 Å². The van der Waals surface area contributed by atoms with Crippen LogP contribution in [0.4, 0.5) is 11.4 Å². The largest absolute Gasteiger partial charge is 0.497 e. The summed E-state index contributed by atoms with van der Waals surface area (Å²) in [4.78, 5) is 39.4. The van der Waals surface area contributed by atoms with E-state index in [1.165, 1.54) is 13.1 Å². The molecule has 0 aliphatic rings. The quantitative estimate of drug-likeness (QED) is 0.379. The van der Waals surface area contributed by atoms with Crippen LogP contribution in [0.25, 0.3) is 0 Å². The van der Waals surface area contributed by atoms with Crippen molar-refractivity contribution in [3.8, 4) is 5.75 Å². The number of anilines is 2. The highest BCUT2D eigenvalue weighted by atomic mass is 16.7. The van der Waals surface area contributed by atoms with Crippen LogP contribution in [-0.2, 0) is 24.0 Å². The van der Waals surface area contributed by atoms with Crippen molar-refractivity contribution >= 4 is 35.4 Å². The minimum Gasteiger partial charge on any atom is -0.497 e. The predicted octanol–water partition coefficient (Wildman–Crippen LogP) is 2.19. The molecule has 0 saturated carbocycles. The minimum absolute atomic E-state index is 0.225. The second kappa shape index (κ2) is 11.1. The number of benzene rings is 2. The molecule has 0 atom stereocenters. The van der Waals surface area contributed by atoms with Crippen LogP contribution in [0, 0.1) is 0 Å². The van der Waals surface area contributed by atoms with Crippen LogP contribution in [0.5, 0.6) is 5.75 Å². The van der Waals surface area contributed by atoms with Gasteiger partial charge in [0.15, 0.2) is 6.61 Å². The summed E-state index contributed by atoms with van der Waals surface area (Å²) in [6.45, 7) is 0.473. The summed E-state index contributed by atoms with van der Waals surface area (Å²) in [7, 11) is 1.57. The van der Waals surface area contributed by atoms with Crippen molar-refractivity contribution in [1.82, 2.24) is 0 Å². The van der Waals surface area contributed by atoms with Gasteiger partial charge >= 0.3 is 5.97 Å². The van der Waals surface area contributed by atoms with E-state index >= 15 is 0 Å². The Balaban J connectivity index is 1.69. The molecule has 2 amide bonds. The van der Waals surface area contributed by atoms with Gasteiger partial charge in [0.25, 0.3) is 5.91 Å². The zero-order chi connectivity index (χ0) is 21.1. The third-order valence-electron chi connectivity index (χ3n) is 3.41. The number of nitrogens with one attached hydrogen (secondary N) is 2. The van der Waals surface area contributed by atoms with Gasteiger partial charge in [-0.05, 0) is 48.0 Å². The summed E-state index contributed by atoms with van der Waals surface area (Å²) in [5.41, 5.74) is 1.76. The number of methoxy groups -OCH3 is 1. The molecule has 0 aliphatic heterocycles. The lowest BCUT2D eigenvalue weighted by atomic mass is 10.2. The second-order valence-corrected chi connectivity index (χ2v) is 5.75. The second-order valence-electron chi connectivity index (χ2n) is 5.75. The lowest BCUT2D eigenvalue weighted by Gasteiger charge is -2.08. The van der Waals surface area contributed by atoms with E-state index in [0.717, 1.165) is 5.56 Å².